The number of rotatable bonds is 6. The fourth-order valence-electron chi connectivity index (χ4n) is 3.64. The van der Waals surface area contributed by atoms with Crippen molar-refractivity contribution in [2.75, 3.05) is 0 Å². The number of nitro groups is 1. The lowest BCUT2D eigenvalue weighted by atomic mass is 10.1. The molecule has 0 saturated heterocycles. The normalized spacial score (nSPS) is 12.1. The number of amides is 1. The molecule has 0 bridgehead atoms. The summed E-state index contributed by atoms with van der Waals surface area (Å²) < 4.78 is 3.63. The van der Waals surface area contributed by atoms with E-state index in [1.54, 1.807) is 29.1 Å². The van der Waals surface area contributed by atoms with Gasteiger partial charge in [0, 0.05) is 40.5 Å². The summed E-state index contributed by atoms with van der Waals surface area (Å²) in [7, 11) is 0. The lowest BCUT2D eigenvalue weighted by molar-refractivity contribution is -0.384. The van der Waals surface area contributed by atoms with Crippen LogP contribution in [-0.4, -0.2) is 25.2 Å². The van der Waals surface area contributed by atoms with Crippen LogP contribution in [-0.2, 0) is 11.3 Å². The first kappa shape index (κ1) is 19.4. The molecule has 4 aromatic rings. The number of fused-ring (bicyclic) bond motifs is 1. The van der Waals surface area contributed by atoms with Crippen molar-refractivity contribution in [2.24, 2.45) is 0 Å². The van der Waals surface area contributed by atoms with Gasteiger partial charge < -0.3 is 9.88 Å². The average molecular weight is 403 g/mol. The van der Waals surface area contributed by atoms with Crippen LogP contribution in [0.15, 0.2) is 67.0 Å². The Kier molecular flexibility index (Phi) is 5.05. The molecule has 2 aromatic carbocycles. The minimum atomic E-state index is -0.427. The number of benzene rings is 2. The molecule has 1 unspecified atom stereocenters. The lowest BCUT2D eigenvalue weighted by Crippen LogP contribution is -2.30. The van der Waals surface area contributed by atoms with E-state index in [0.29, 0.717) is 0 Å². The predicted octanol–water partition coefficient (Wildman–Crippen LogP) is 3.92. The molecule has 0 aliphatic carbocycles. The lowest BCUT2D eigenvalue weighted by Gasteiger charge is -2.15. The van der Waals surface area contributed by atoms with Crippen molar-refractivity contribution >= 4 is 22.5 Å². The van der Waals surface area contributed by atoms with Crippen molar-refractivity contribution in [2.45, 2.75) is 26.4 Å². The zero-order chi connectivity index (χ0) is 21.3. The summed E-state index contributed by atoms with van der Waals surface area (Å²) in [5, 5.41) is 19.1. The van der Waals surface area contributed by atoms with E-state index in [0.717, 1.165) is 27.8 Å². The summed E-state index contributed by atoms with van der Waals surface area (Å²) in [6, 6.07) is 16.0. The van der Waals surface area contributed by atoms with Crippen LogP contribution >= 0.6 is 0 Å². The third kappa shape index (κ3) is 3.67. The van der Waals surface area contributed by atoms with Crippen LogP contribution in [0.4, 0.5) is 5.69 Å². The molecule has 30 heavy (non-hydrogen) atoms. The van der Waals surface area contributed by atoms with Gasteiger partial charge in [0.05, 0.1) is 22.8 Å². The van der Waals surface area contributed by atoms with E-state index in [1.807, 2.05) is 48.9 Å². The van der Waals surface area contributed by atoms with Crippen LogP contribution in [0.1, 0.15) is 24.2 Å². The number of carbonyl (C=O) groups excluding carboxylic acids is 1. The van der Waals surface area contributed by atoms with Gasteiger partial charge in [-0.25, -0.2) is 4.68 Å². The number of nitro benzene ring substituents is 1. The van der Waals surface area contributed by atoms with Gasteiger partial charge >= 0.3 is 0 Å². The van der Waals surface area contributed by atoms with Gasteiger partial charge in [0.15, 0.2) is 0 Å². The van der Waals surface area contributed by atoms with Gasteiger partial charge in [-0.2, -0.15) is 5.10 Å². The van der Waals surface area contributed by atoms with E-state index < -0.39 is 4.92 Å². The molecule has 1 N–H and O–H groups in total. The number of carbonyl (C=O) groups is 1. The number of non-ortho nitro benzene ring substituents is 1. The minimum absolute atomic E-state index is 0.0317. The monoisotopic (exact) mass is 403 g/mol. The maximum absolute atomic E-state index is 12.6. The van der Waals surface area contributed by atoms with E-state index in [4.69, 9.17) is 0 Å². The molecular weight excluding hydrogens is 382 g/mol. The first-order chi connectivity index (χ1) is 14.4. The molecule has 0 aliphatic rings. The van der Waals surface area contributed by atoms with Gasteiger partial charge in [0.2, 0.25) is 5.91 Å². The van der Waals surface area contributed by atoms with Crippen LogP contribution in [0.5, 0.6) is 0 Å². The SMILES string of the molecule is Cc1c(C(C)NC(=O)Cn2ccc3cc([N+](=O)[O-])ccc32)cnn1-c1ccccc1. The molecule has 2 heterocycles. The molecule has 1 amide bonds. The average Bonchev–Trinajstić information content (AvgIpc) is 3.31. The molecule has 0 spiro atoms. The number of hydrogen-bond donors (Lipinski definition) is 1. The van der Waals surface area contributed by atoms with Crippen molar-refractivity contribution in [1.82, 2.24) is 19.7 Å². The highest BCUT2D eigenvalue weighted by molar-refractivity contribution is 5.85. The molecule has 0 radical (unpaired) electrons. The van der Waals surface area contributed by atoms with Gasteiger partial charge in [0.1, 0.15) is 6.54 Å². The minimum Gasteiger partial charge on any atom is -0.348 e. The Bertz CT molecular complexity index is 1230. The molecule has 4 rings (SSSR count). The fraction of sp³-hybridized carbons (Fsp3) is 0.182. The molecule has 8 heteroatoms. The number of para-hydroxylation sites is 1. The highest BCUT2D eigenvalue weighted by Crippen LogP contribution is 2.23. The summed E-state index contributed by atoms with van der Waals surface area (Å²) in [6.07, 6.45) is 3.54. The molecule has 0 saturated carbocycles. The Morgan fingerprint density at radius 2 is 1.97 bits per heavy atom. The van der Waals surface area contributed by atoms with E-state index >= 15 is 0 Å². The van der Waals surface area contributed by atoms with Crippen LogP contribution < -0.4 is 5.32 Å². The molecule has 0 aliphatic heterocycles. The summed E-state index contributed by atoms with van der Waals surface area (Å²) in [4.78, 5) is 23.1. The fourth-order valence-corrected chi connectivity index (χ4v) is 3.64. The summed E-state index contributed by atoms with van der Waals surface area (Å²) in [6.45, 7) is 4.02. The summed E-state index contributed by atoms with van der Waals surface area (Å²) >= 11 is 0. The number of hydrogen-bond acceptors (Lipinski definition) is 4. The Balaban J connectivity index is 1.48. The highest BCUT2D eigenvalue weighted by Gasteiger charge is 2.17. The zero-order valence-electron chi connectivity index (χ0n) is 16.6. The van der Waals surface area contributed by atoms with Crippen LogP contribution in [0.25, 0.3) is 16.6 Å². The van der Waals surface area contributed by atoms with Gasteiger partial charge in [-0.1, -0.05) is 18.2 Å². The van der Waals surface area contributed by atoms with Gasteiger partial charge in [-0.15, -0.1) is 0 Å². The largest absolute Gasteiger partial charge is 0.348 e. The van der Waals surface area contributed by atoms with Crippen LogP contribution in [0, 0.1) is 17.0 Å². The highest BCUT2D eigenvalue weighted by atomic mass is 16.6. The Hall–Kier alpha value is -3.94. The maximum Gasteiger partial charge on any atom is 0.270 e. The molecule has 0 fully saturated rings. The van der Waals surface area contributed by atoms with Crippen LogP contribution in [0.3, 0.4) is 0 Å². The quantitative estimate of drug-likeness (QED) is 0.390. The van der Waals surface area contributed by atoms with Gasteiger partial charge in [-0.3, -0.25) is 14.9 Å². The maximum atomic E-state index is 12.6. The predicted molar refractivity (Wildman–Crippen MR) is 113 cm³/mol. The van der Waals surface area contributed by atoms with Crippen molar-refractivity contribution in [3.05, 3.63) is 88.4 Å². The molecule has 8 nitrogen and oxygen atoms in total. The summed E-state index contributed by atoms with van der Waals surface area (Å²) in [5.74, 6) is -0.148. The van der Waals surface area contributed by atoms with Crippen molar-refractivity contribution in [3.8, 4) is 5.69 Å². The van der Waals surface area contributed by atoms with Crippen LogP contribution in [0.2, 0.25) is 0 Å². The number of nitrogens with zero attached hydrogens (tertiary/aromatic N) is 4. The zero-order valence-corrected chi connectivity index (χ0v) is 16.6. The van der Waals surface area contributed by atoms with E-state index in [1.165, 1.54) is 12.1 Å². The molecular formula is C22H21N5O3. The second kappa shape index (κ2) is 7.82. The van der Waals surface area contributed by atoms with Crippen molar-refractivity contribution in [1.29, 1.82) is 0 Å². The molecule has 1 atom stereocenters. The Morgan fingerprint density at radius 3 is 2.70 bits per heavy atom. The number of nitrogens with one attached hydrogen (secondary N) is 1. The van der Waals surface area contributed by atoms with Crippen molar-refractivity contribution in [3.63, 3.8) is 0 Å². The first-order valence-electron chi connectivity index (χ1n) is 9.56. The summed E-state index contributed by atoms with van der Waals surface area (Å²) in [5.41, 5.74) is 3.68. The third-order valence-corrected chi connectivity index (χ3v) is 5.17. The second-order valence-electron chi connectivity index (χ2n) is 7.17. The standard InChI is InChI=1S/C22H21N5O3/c1-15(20-13-23-26(16(20)2)18-6-4-3-5-7-18)24-22(28)14-25-11-10-17-12-19(27(29)30)8-9-21(17)25/h3-13,15H,14H2,1-2H3,(H,24,28). The second-order valence-corrected chi connectivity index (χ2v) is 7.17. The van der Waals surface area contributed by atoms with E-state index in [2.05, 4.69) is 10.4 Å². The van der Waals surface area contributed by atoms with E-state index in [9.17, 15) is 14.9 Å². The Morgan fingerprint density at radius 1 is 1.20 bits per heavy atom. The smallest absolute Gasteiger partial charge is 0.270 e. The van der Waals surface area contributed by atoms with Gasteiger partial charge in [-0.05, 0) is 38.1 Å². The first-order valence-corrected chi connectivity index (χ1v) is 9.56. The topological polar surface area (TPSA) is 95.0 Å². The number of aromatic nitrogens is 3. The molecule has 2 aromatic heterocycles. The third-order valence-electron chi connectivity index (χ3n) is 5.17. The Labute approximate surface area is 172 Å². The van der Waals surface area contributed by atoms with E-state index in [-0.39, 0.29) is 24.2 Å². The van der Waals surface area contributed by atoms with Crippen molar-refractivity contribution < 1.29 is 9.72 Å². The molecule has 152 valence electrons. The van der Waals surface area contributed by atoms with Gasteiger partial charge in [0.25, 0.3) is 5.69 Å².